The van der Waals surface area contributed by atoms with E-state index in [1.54, 1.807) is 43.6 Å². The summed E-state index contributed by atoms with van der Waals surface area (Å²) in [7, 11) is -1.33. The van der Waals surface area contributed by atoms with Crippen LogP contribution in [0.5, 0.6) is 11.5 Å². The molecule has 0 radical (unpaired) electrons. The van der Waals surface area contributed by atoms with Gasteiger partial charge in [0.25, 0.3) is 15.9 Å². The Kier molecular flexibility index (Phi) is 8.50. The van der Waals surface area contributed by atoms with Crippen LogP contribution in [0.15, 0.2) is 82.4 Å². The highest BCUT2D eigenvalue weighted by Crippen LogP contribution is 2.57. The van der Waals surface area contributed by atoms with E-state index in [-0.39, 0.29) is 10.6 Å². The first-order valence-electron chi connectivity index (χ1n) is 15.9. The predicted octanol–water partition coefficient (Wildman–Crippen LogP) is 6.15. The lowest BCUT2D eigenvalue weighted by atomic mass is 9.80. The standard InChI is InChI=1S/C35H37ClN4O6S/c1-44-26-10-12-27(13-11-26)47(42,43)40-30-14-9-25(36)22-28(30)35(34(40)41,39-19-6-7-31(39)33-37-16-20-46-33)29-21-24(8-15-32(29)45-2)23-38-17-4-3-5-18-38/h8-16,20-22,31H,3-7,17-19,23H2,1-2H3. The Hall–Kier alpha value is -3.90. The number of carbonyl (C=O) groups excluding carboxylic acids is 1. The van der Waals surface area contributed by atoms with E-state index in [0.717, 1.165) is 42.2 Å². The average molecular weight is 677 g/mol. The van der Waals surface area contributed by atoms with Crippen LogP contribution in [-0.4, -0.2) is 63.0 Å². The fourth-order valence-corrected chi connectivity index (χ4v) is 9.10. The van der Waals surface area contributed by atoms with Crippen molar-refractivity contribution < 1.29 is 27.1 Å². The van der Waals surface area contributed by atoms with E-state index in [0.29, 0.717) is 53.0 Å². The molecule has 2 fully saturated rings. The zero-order chi connectivity index (χ0) is 32.8. The van der Waals surface area contributed by atoms with Gasteiger partial charge in [-0.15, -0.1) is 0 Å². The van der Waals surface area contributed by atoms with E-state index in [4.69, 9.17) is 25.5 Å². The molecule has 246 valence electrons. The maximum Gasteiger partial charge on any atom is 0.271 e. The molecule has 7 rings (SSSR count). The molecule has 2 atom stereocenters. The summed E-state index contributed by atoms with van der Waals surface area (Å²) in [5.41, 5.74) is 0.602. The molecular formula is C35H37ClN4O6S. The number of amides is 1. The van der Waals surface area contributed by atoms with Crippen LogP contribution in [-0.2, 0) is 26.9 Å². The highest BCUT2D eigenvalue weighted by atomic mass is 35.5. The first-order valence-corrected chi connectivity index (χ1v) is 17.7. The molecule has 4 aromatic rings. The lowest BCUT2D eigenvalue weighted by Gasteiger charge is -2.41. The van der Waals surface area contributed by atoms with E-state index in [1.165, 1.54) is 31.9 Å². The number of nitrogens with zero attached hydrogens (tertiary/aromatic N) is 4. The number of sulfonamides is 1. The van der Waals surface area contributed by atoms with Crippen LogP contribution in [0, 0.1) is 0 Å². The Labute approximate surface area is 279 Å². The summed E-state index contributed by atoms with van der Waals surface area (Å²) in [5.74, 6) is 0.781. The second kappa shape index (κ2) is 12.6. The SMILES string of the molecule is COc1ccc(S(=O)(=O)N2C(=O)C(c3cc(CN4CCCCC4)ccc3OC)(N3CCCC3c3ncco3)c3cc(Cl)ccc32)cc1. The summed E-state index contributed by atoms with van der Waals surface area (Å²) in [6.07, 6.45) is 7.99. The number of hydrogen-bond donors (Lipinski definition) is 0. The average Bonchev–Trinajstić information content (AvgIpc) is 3.84. The van der Waals surface area contributed by atoms with Crippen molar-refractivity contribution >= 4 is 33.2 Å². The molecule has 0 saturated carbocycles. The summed E-state index contributed by atoms with van der Waals surface area (Å²) in [6, 6.07) is 16.4. The summed E-state index contributed by atoms with van der Waals surface area (Å²) >= 11 is 6.69. The third kappa shape index (κ3) is 5.29. The lowest BCUT2D eigenvalue weighted by molar-refractivity contribution is -0.127. The van der Waals surface area contributed by atoms with Crippen LogP contribution in [0.3, 0.4) is 0 Å². The van der Waals surface area contributed by atoms with Crippen molar-refractivity contribution in [3.8, 4) is 11.5 Å². The third-order valence-corrected chi connectivity index (χ3v) is 11.5. The van der Waals surface area contributed by atoms with Crippen molar-refractivity contribution in [2.24, 2.45) is 0 Å². The van der Waals surface area contributed by atoms with Crippen molar-refractivity contribution in [2.75, 3.05) is 38.2 Å². The Morgan fingerprint density at radius 3 is 2.43 bits per heavy atom. The van der Waals surface area contributed by atoms with Gasteiger partial charge in [-0.1, -0.05) is 24.1 Å². The van der Waals surface area contributed by atoms with Crippen LogP contribution < -0.4 is 13.8 Å². The number of rotatable bonds is 9. The highest BCUT2D eigenvalue weighted by molar-refractivity contribution is 7.93. The molecule has 12 heteroatoms. The van der Waals surface area contributed by atoms with E-state index >= 15 is 4.79 Å². The molecule has 2 saturated heterocycles. The van der Waals surface area contributed by atoms with Gasteiger partial charge in [-0.05, 0) is 98.9 Å². The van der Waals surface area contributed by atoms with E-state index in [1.807, 2.05) is 23.1 Å². The molecule has 0 spiro atoms. The minimum absolute atomic E-state index is 0.0418. The molecule has 10 nitrogen and oxygen atoms in total. The van der Waals surface area contributed by atoms with E-state index < -0.39 is 27.5 Å². The topological polar surface area (TPSA) is 105 Å². The van der Waals surface area contributed by atoms with Crippen LogP contribution in [0.4, 0.5) is 5.69 Å². The number of methoxy groups -OCH3 is 2. The zero-order valence-corrected chi connectivity index (χ0v) is 28.0. The Morgan fingerprint density at radius 2 is 1.72 bits per heavy atom. The van der Waals surface area contributed by atoms with Crippen molar-refractivity contribution in [3.05, 3.63) is 101 Å². The fraction of sp³-hybridized carbons (Fsp3) is 0.371. The smallest absolute Gasteiger partial charge is 0.271 e. The Bertz CT molecular complexity index is 1880. The van der Waals surface area contributed by atoms with Crippen LogP contribution in [0.25, 0.3) is 0 Å². The van der Waals surface area contributed by atoms with Crippen LogP contribution in [0.2, 0.25) is 5.02 Å². The lowest BCUT2D eigenvalue weighted by Crippen LogP contribution is -2.54. The number of halogens is 1. The number of ether oxygens (including phenoxy) is 2. The van der Waals surface area contributed by atoms with Crippen molar-refractivity contribution in [3.63, 3.8) is 0 Å². The third-order valence-electron chi connectivity index (χ3n) is 9.59. The Morgan fingerprint density at radius 1 is 0.936 bits per heavy atom. The summed E-state index contributed by atoms with van der Waals surface area (Å²) in [5, 5.41) is 0.375. The van der Waals surface area contributed by atoms with E-state index in [9.17, 15) is 8.42 Å². The van der Waals surface area contributed by atoms with Gasteiger partial charge >= 0.3 is 0 Å². The number of piperidine rings is 1. The first kappa shape index (κ1) is 31.7. The fourth-order valence-electron chi connectivity index (χ4n) is 7.47. The van der Waals surface area contributed by atoms with Crippen molar-refractivity contribution in [1.82, 2.24) is 14.8 Å². The monoisotopic (exact) mass is 676 g/mol. The molecule has 47 heavy (non-hydrogen) atoms. The number of benzene rings is 3. The molecule has 1 aromatic heterocycles. The number of aromatic nitrogens is 1. The number of fused-ring (bicyclic) bond motifs is 1. The van der Waals surface area contributed by atoms with Gasteiger partial charge in [0.05, 0.1) is 37.0 Å². The highest BCUT2D eigenvalue weighted by Gasteiger charge is 2.62. The zero-order valence-electron chi connectivity index (χ0n) is 26.4. The molecule has 0 N–H and O–H groups in total. The Balaban J connectivity index is 1.48. The molecule has 2 unspecified atom stereocenters. The molecule has 4 heterocycles. The number of likely N-dealkylation sites (tertiary alicyclic amines) is 2. The number of anilines is 1. The molecule has 1 amide bonds. The number of oxazole rings is 1. The minimum atomic E-state index is -4.40. The molecule has 3 aliphatic heterocycles. The minimum Gasteiger partial charge on any atom is -0.497 e. The van der Waals surface area contributed by atoms with Gasteiger partial charge in [-0.3, -0.25) is 14.6 Å². The van der Waals surface area contributed by atoms with Gasteiger partial charge < -0.3 is 13.9 Å². The largest absolute Gasteiger partial charge is 0.497 e. The van der Waals surface area contributed by atoms with Gasteiger partial charge in [0, 0.05) is 29.2 Å². The molecule has 3 aromatic carbocycles. The van der Waals surface area contributed by atoms with Crippen molar-refractivity contribution in [2.45, 2.75) is 55.1 Å². The molecule has 0 aliphatic carbocycles. The predicted molar refractivity (Wildman–Crippen MR) is 177 cm³/mol. The number of carbonyl (C=O) groups is 1. The first-order chi connectivity index (χ1) is 22.8. The normalized spacial score (nSPS) is 22.1. The van der Waals surface area contributed by atoms with E-state index in [2.05, 4.69) is 9.88 Å². The van der Waals surface area contributed by atoms with Gasteiger partial charge in [-0.2, -0.15) is 0 Å². The van der Waals surface area contributed by atoms with Crippen LogP contribution >= 0.6 is 11.6 Å². The van der Waals surface area contributed by atoms with Gasteiger partial charge in [0.15, 0.2) is 5.54 Å². The van der Waals surface area contributed by atoms with Gasteiger partial charge in [-0.25, -0.2) is 17.7 Å². The van der Waals surface area contributed by atoms with Crippen LogP contribution in [0.1, 0.15) is 60.7 Å². The number of hydrogen-bond acceptors (Lipinski definition) is 9. The second-order valence-corrected chi connectivity index (χ2v) is 14.4. The van der Waals surface area contributed by atoms with Gasteiger partial charge in [0.1, 0.15) is 17.8 Å². The molecule has 3 aliphatic rings. The summed E-state index contributed by atoms with van der Waals surface area (Å²) in [6.45, 7) is 3.16. The summed E-state index contributed by atoms with van der Waals surface area (Å²) in [4.78, 5) is 24.4. The quantitative estimate of drug-likeness (QED) is 0.207. The summed E-state index contributed by atoms with van der Waals surface area (Å²) < 4.78 is 47.1. The maximum atomic E-state index is 15.5. The second-order valence-electron chi connectivity index (χ2n) is 12.2. The maximum absolute atomic E-state index is 15.5. The van der Waals surface area contributed by atoms with Gasteiger partial charge in [0.2, 0.25) is 5.89 Å². The molecular weight excluding hydrogens is 640 g/mol. The van der Waals surface area contributed by atoms with Crippen molar-refractivity contribution in [1.29, 1.82) is 0 Å². The molecule has 0 bridgehead atoms.